The summed E-state index contributed by atoms with van der Waals surface area (Å²) in [5.74, 6) is -0.0959. The van der Waals surface area contributed by atoms with Crippen molar-refractivity contribution in [3.63, 3.8) is 0 Å². The highest BCUT2D eigenvalue weighted by Crippen LogP contribution is 2.13. The molecule has 0 bridgehead atoms. The molecule has 0 radical (unpaired) electrons. The number of nitriles is 1. The Kier molecular flexibility index (Phi) is 5.61. The van der Waals surface area contributed by atoms with Gasteiger partial charge in [-0.25, -0.2) is 0 Å². The van der Waals surface area contributed by atoms with Crippen molar-refractivity contribution in [3.8, 4) is 6.07 Å². The molecule has 2 rings (SSSR count). The molecule has 0 aromatic heterocycles. The minimum atomic E-state index is -0.0959. The van der Waals surface area contributed by atoms with Gasteiger partial charge in [0.25, 0.3) is 0 Å². The molecule has 0 spiro atoms. The highest BCUT2D eigenvalue weighted by atomic mass is 35.5. The Morgan fingerprint density at radius 3 is 2.40 bits per heavy atom. The van der Waals surface area contributed by atoms with Crippen LogP contribution >= 0.6 is 11.6 Å². The second-order valence-corrected chi connectivity index (χ2v) is 5.11. The van der Waals surface area contributed by atoms with E-state index in [0.717, 1.165) is 23.6 Å². The number of nitrogens with one attached hydrogen (secondary N) is 1. The molecule has 0 aliphatic rings. The van der Waals surface area contributed by atoms with E-state index in [4.69, 9.17) is 11.6 Å². The molecule has 0 saturated heterocycles. The topological polar surface area (TPSA) is 35.8 Å². The van der Waals surface area contributed by atoms with Crippen LogP contribution in [0.3, 0.4) is 0 Å². The minimum Gasteiger partial charge on any atom is -0.315 e. The Morgan fingerprint density at radius 1 is 1.05 bits per heavy atom. The Balaban J connectivity index is 1.78. The van der Waals surface area contributed by atoms with Gasteiger partial charge < -0.3 is 5.32 Å². The molecule has 0 aliphatic carbocycles. The monoisotopic (exact) mass is 284 g/mol. The molecule has 2 nitrogen and oxygen atoms in total. The van der Waals surface area contributed by atoms with Gasteiger partial charge in [0.15, 0.2) is 0 Å². The van der Waals surface area contributed by atoms with Gasteiger partial charge in [-0.2, -0.15) is 5.26 Å². The van der Waals surface area contributed by atoms with Crippen LogP contribution in [0.25, 0.3) is 0 Å². The van der Waals surface area contributed by atoms with Gasteiger partial charge in [0, 0.05) is 11.6 Å². The summed E-state index contributed by atoms with van der Waals surface area (Å²) in [4.78, 5) is 0. The van der Waals surface area contributed by atoms with Crippen molar-refractivity contribution in [1.82, 2.24) is 5.32 Å². The maximum atomic E-state index is 9.22. The van der Waals surface area contributed by atoms with Crippen LogP contribution in [-0.2, 0) is 6.42 Å². The van der Waals surface area contributed by atoms with Crippen molar-refractivity contribution in [1.29, 1.82) is 5.26 Å². The van der Waals surface area contributed by atoms with Crippen LogP contribution in [0.15, 0.2) is 54.6 Å². The SMILES string of the molecule is N#CC(CNCCc1ccc(Cl)cc1)c1ccccc1. The van der Waals surface area contributed by atoms with Crippen molar-refractivity contribution < 1.29 is 0 Å². The molecule has 1 atom stereocenters. The lowest BCUT2D eigenvalue weighted by Gasteiger charge is -2.10. The van der Waals surface area contributed by atoms with E-state index in [0.29, 0.717) is 6.54 Å². The molecule has 1 unspecified atom stereocenters. The van der Waals surface area contributed by atoms with Gasteiger partial charge >= 0.3 is 0 Å². The van der Waals surface area contributed by atoms with Crippen molar-refractivity contribution >= 4 is 11.6 Å². The number of nitrogens with zero attached hydrogens (tertiary/aromatic N) is 1. The number of halogens is 1. The third-order valence-corrected chi connectivity index (χ3v) is 3.46. The zero-order valence-corrected chi connectivity index (χ0v) is 12.0. The average molecular weight is 285 g/mol. The zero-order chi connectivity index (χ0) is 14.2. The summed E-state index contributed by atoms with van der Waals surface area (Å²) in [5, 5.41) is 13.3. The van der Waals surface area contributed by atoms with Gasteiger partial charge in [-0.1, -0.05) is 54.1 Å². The van der Waals surface area contributed by atoms with Gasteiger partial charge in [0.2, 0.25) is 0 Å². The van der Waals surface area contributed by atoms with E-state index in [9.17, 15) is 5.26 Å². The van der Waals surface area contributed by atoms with Crippen LogP contribution in [-0.4, -0.2) is 13.1 Å². The van der Waals surface area contributed by atoms with E-state index in [-0.39, 0.29) is 5.92 Å². The van der Waals surface area contributed by atoms with Gasteiger partial charge in [0.1, 0.15) is 0 Å². The molecule has 0 heterocycles. The molecule has 20 heavy (non-hydrogen) atoms. The molecule has 3 heteroatoms. The fraction of sp³-hybridized carbons (Fsp3) is 0.235. The number of hydrogen-bond donors (Lipinski definition) is 1. The Morgan fingerprint density at radius 2 is 1.75 bits per heavy atom. The Bertz CT molecular complexity index is 558. The smallest absolute Gasteiger partial charge is 0.0837 e. The van der Waals surface area contributed by atoms with E-state index in [1.165, 1.54) is 5.56 Å². The quantitative estimate of drug-likeness (QED) is 0.820. The lowest BCUT2D eigenvalue weighted by Crippen LogP contribution is -2.23. The lowest BCUT2D eigenvalue weighted by molar-refractivity contribution is 0.650. The first-order valence-electron chi connectivity index (χ1n) is 6.69. The van der Waals surface area contributed by atoms with Crippen molar-refractivity contribution in [3.05, 3.63) is 70.7 Å². The van der Waals surface area contributed by atoms with E-state index in [1.807, 2.05) is 54.6 Å². The van der Waals surface area contributed by atoms with Gasteiger partial charge in [-0.15, -0.1) is 0 Å². The highest BCUT2D eigenvalue weighted by Gasteiger charge is 2.08. The first-order valence-corrected chi connectivity index (χ1v) is 7.07. The lowest BCUT2D eigenvalue weighted by atomic mass is 10.0. The first-order chi connectivity index (χ1) is 9.79. The molecule has 0 aliphatic heterocycles. The Hall–Kier alpha value is -1.82. The van der Waals surface area contributed by atoms with Crippen LogP contribution in [0.1, 0.15) is 17.0 Å². The predicted octanol–water partition coefficient (Wildman–Crippen LogP) is 3.78. The molecule has 102 valence electrons. The van der Waals surface area contributed by atoms with E-state index in [2.05, 4.69) is 11.4 Å². The van der Waals surface area contributed by atoms with Gasteiger partial charge in [-0.05, 0) is 36.2 Å². The van der Waals surface area contributed by atoms with Crippen LogP contribution in [0.4, 0.5) is 0 Å². The molecular weight excluding hydrogens is 268 g/mol. The van der Waals surface area contributed by atoms with E-state index >= 15 is 0 Å². The zero-order valence-electron chi connectivity index (χ0n) is 11.2. The number of hydrogen-bond acceptors (Lipinski definition) is 2. The number of rotatable bonds is 6. The van der Waals surface area contributed by atoms with Crippen LogP contribution in [0.5, 0.6) is 0 Å². The highest BCUT2D eigenvalue weighted by molar-refractivity contribution is 6.30. The van der Waals surface area contributed by atoms with E-state index < -0.39 is 0 Å². The van der Waals surface area contributed by atoms with Crippen LogP contribution < -0.4 is 5.32 Å². The summed E-state index contributed by atoms with van der Waals surface area (Å²) in [6.45, 7) is 1.53. The van der Waals surface area contributed by atoms with Gasteiger partial charge in [0.05, 0.1) is 12.0 Å². The fourth-order valence-corrected chi connectivity index (χ4v) is 2.18. The molecule has 0 saturated carbocycles. The molecule has 2 aromatic rings. The fourth-order valence-electron chi connectivity index (χ4n) is 2.05. The molecule has 1 N–H and O–H groups in total. The summed E-state index contributed by atoms with van der Waals surface area (Å²) in [7, 11) is 0. The molecular formula is C17H17ClN2. The number of benzene rings is 2. The predicted molar refractivity (Wildman–Crippen MR) is 82.8 cm³/mol. The standard InChI is InChI=1S/C17H17ClN2/c18-17-8-6-14(7-9-17)10-11-20-13-16(12-19)15-4-2-1-3-5-15/h1-9,16,20H,10-11,13H2. The molecule has 0 fully saturated rings. The normalized spacial score (nSPS) is 11.8. The third kappa shape index (κ3) is 4.38. The van der Waals surface area contributed by atoms with Crippen molar-refractivity contribution in [2.24, 2.45) is 0 Å². The summed E-state index contributed by atoms with van der Waals surface area (Å²) < 4.78 is 0. The third-order valence-electron chi connectivity index (χ3n) is 3.21. The van der Waals surface area contributed by atoms with Crippen molar-refractivity contribution in [2.45, 2.75) is 12.3 Å². The minimum absolute atomic E-state index is 0.0959. The Labute approximate surface area is 125 Å². The second kappa shape index (κ2) is 7.69. The summed E-state index contributed by atoms with van der Waals surface area (Å²) in [5.41, 5.74) is 2.31. The molecule has 0 amide bonds. The maximum Gasteiger partial charge on any atom is 0.0837 e. The van der Waals surface area contributed by atoms with E-state index in [1.54, 1.807) is 0 Å². The van der Waals surface area contributed by atoms with Crippen LogP contribution in [0, 0.1) is 11.3 Å². The summed E-state index contributed by atoms with van der Waals surface area (Å²) in [6.07, 6.45) is 0.935. The van der Waals surface area contributed by atoms with Crippen molar-refractivity contribution in [2.75, 3.05) is 13.1 Å². The second-order valence-electron chi connectivity index (χ2n) is 4.67. The van der Waals surface area contributed by atoms with Gasteiger partial charge in [-0.3, -0.25) is 0 Å². The average Bonchev–Trinajstić information content (AvgIpc) is 2.50. The molecule has 2 aromatic carbocycles. The van der Waals surface area contributed by atoms with Crippen LogP contribution in [0.2, 0.25) is 5.02 Å². The first kappa shape index (κ1) is 14.6. The summed E-state index contributed by atoms with van der Waals surface area (Å²) >= 11 is 5.85. The maximum absolute atomic E-state index is 9.22. The largest absolute Gasteiger partial charge is 0.315 e. The summed E-state index contributed by atoms with van der Waals surface area (Å²) in [6, 6.07) is 20.1.